The van der Waals surface area contributed by atoms with Crippen molar-refractivity contribution in [1.82, 2.24) is 9.97 Å². The molecule has 1 fully saturated rings. The standard InChI is InChI=1S/C10H13N3O2/c11-8(10(14)15)9-12-4-7(5-13-9)6-2-1-3-6/h4-6,8H,1-3,11H2,(H,14,15). The van der Waals surface area contributed by atoms with Crippen LogP contribution in [0.2, 0.25) is 0 Å². The van der Waals surface area contributed by atoms with Crippen molar-refractivity contribution >= 4 is 5.97 Å². The molecule has 3 N–H and O–H groups in total. The predicted molar refractivity (Wildman–Crippen MR) is 53.2 cm³/mol. The first kappa shape index (κ1) is 10.0. The molecule has 0 aliphatic heterocycles. The SMILES string of the molecule is NC(C(=O)O)c1ncc(C2CCC2)cn1. The largest absolute Gasteiger partial charge is 0.480 e. The monoisotopic (exact) mass is 207 g/mol. The summed E-state index contributed by atoms with van der Waals surface area (Å²) in [4.78, 5) is 18.6. The second kappa shape index (κ2) is 3.94. The highest BCUT2D eigenvalue weighted by Gasteiger charge is 2.22. The molecule has 1 atom stereocenters. The fraction of sp³-hybridized carbons (Fsp3) is 0.500. The van der Waals surface area contributed by atoms with Gasteiger partial charge in [-0.05, 0) is 24.3 Å². The number of nitrogens with two attached hydrogens (primary N) is 1. The van der Waals surface area contributed by atoms with Crippen molar-refractivity contribution in [2.75, 3.05) is 0 Å². The average Bonchev–Trinajstić information content (AvgIpc) is 2.15. The lowest BCUT2D eigenvalue weighted by atomic mass is 9.81. The highest BCUT2D eigenvalue weighted by Crippen LogP contribution is 2.35. The molecule has 0 spiro atoms. The van der Waals surface area contributed by atoms with Crippen LogP contribution in [0, 0.1) is 0 Å². The Bertz CT molecular complexity index is 359. The quantitative estimate of drug-likeness (QED) is 0.766. The number of carbonyl (C=O) groups is 1. The molecule has 0 amide bonds. The van der Waals surface area contributed by atoms with Crippen molar-refractivity contribution in [3.05, 3.63) is 23.8 Å². The van der Waals surface area contributed by atoms with Crippen LogP contribution in [-0.4, -0.2) is 21.0 Å². The summed E-state index contributed by atoms with van der Waals surface area (Å²) in [6, 6.07) is -1.12. The lowest BCUT2D eigenvalue weighted by Gasteiger charge is -2.25. The van der Waals surface area contributed by atoms with E-state index in [1.165, 1.54) is 19.3 Å². The highest BCUT2D eigenvalue weighted by molar-refractivity contribution is 5.73. The van der Waals surface area contributed by atoms with E-state index in [1.807, 2.05) is 0 Å². The summed E-state index contributed by atoms with van der Waals surface area (Å²) in [5.41, 5.74) is 6.47. The van der Waals surface area contributed by atoms with Crippen LogP contribution in [0.5, 0.6) is 0 Å². The molecule has 80 valence electrons. The van der Waals surface area contributed by atoms with Gasteiger partial charge in [-0.25, -0.2) is 9.97 Å². The van der Waals surface area contributed by atoms with Crippen LogP contribution in [0.1, 0.15) is 42.6 Å². The maximum atomic E-state index is 10.6. The first-order chi connectivity index (χ1) is 7.18. The van der Waals surface area contributed by atoms with Gasteiger partial charge in [-0.15, -0.1) is 0 Å². The van der Waals surface area contributed by atoms with Crippen LogP contribution in [-0.2, 0) is 4.79 Å². The number of nitrogens with zero attached hydrogens (tertiary/aromatic N) is 2. The highest BCUT2D eigenvalue weighted by atomic mass is 16.4. The van der Waals surface area contributed by atoms with Crippen LogP contribution in [0.3, 0.4) is 0 Å². The van der Waals surface area contributed by atoms with E-state index in [1.54, 1.807) is 12.4 Å². The van der Waals surface area contributed by atoms with E-state index in [2.05, 4.69) is 9.97 Å². The second-order valence-electron chi connectivity index (χ2n) is 3.82. The fourth-order valence-corrected chi connectivity index (χ4v) is 1.57. The summed E-state index contributed by atoms with van der Waals surface area (Å²) in [6.45, 7) is 0. The number of rotatable bonds is 3. The van der Waals surface area contributed by atoms with Crippen LogP contribution >= 0.6 is 0 Å². The molecule has 1 unspecified atom stereocenters. The summed E-state index contributed by atoms with van der Waals surface area (Å²) in [5.74, 6) is -0.378. The first-order valence-corrected chi connectivity index (χ1v) is 4.98. The van der Waals surface area contributed by atoms with Crippen LogP contribution in [0.25, 0.3) is 0 Å². The van der Waals surface area contributed by atoms with Gasteiger partial charge in [0, 0.05) is 12.4 Å². The lowest BCUT2D eigenvalue weighted by Crippen LogP contribution is -2.23. The van der Waals surface area contributed by atoms with Gasteiger partial charge in [-0.1, -0.05) is 6.42 Å². The summed E-state index contributed by atoms with van der Waals surface area (Å²) in [6.07, 6.45) is 6.98. The second-order valence-corrected chi connectivity index (χ2v) is 3.82. The van der Waals surface area contributed by atoms with Gasteiger partial charge in [0.25, 0.3) is 0 Å². The third kappa shape index (κ3) is 1.97. The molecule has 0 saturated heterocycles. The number of aromatic nitrogens is 2. The van der Waals surface area contributed by atoms with Crippen molar-refractivity contribution in [2.45, 2.75) is 31.2 Å². The molecule has 1 aliphatic carbocycles. The van der Waals surface area contributed by atoms with Gasteiger partial charge < -0.3 is 10.8 Å². The van der Waals surface area contributed by atoms with Crippen molar-refractivity contribution in [1.29, 1.82) is 0 Å². The zero-order valence-electron chi connectivity index (χ0n) is 8.26. The topological polar surface area (TPSA) is 89.1 Å². The van der Waals surface area contributed by atoms with E-state index in [0.717, 1.165) is 5.56 Å². The number of carboxylic acids is 1. The van der Waals surface area contributed by atoms with Crippen molar-refractivity contribution in [3.63, 3.8) is 0 Å². The fourth-order valence-electron chi connectivity index (χ4n) is 1.57. The third-order valence-electron chi connectivity index (χ3n) is 2.81. The maximum absolute atomic E-state index is 10.6. The summed E-state index contributed by atoms with van der Waals surface area (Å²) in [5, 5.41) is 8.67. The van der Waals surface area contributed by atoms with Gasteiger partial charge >= 0.3 is 5.97 Å². The van der Waals surface area contributed by atoms with E-state index < -0.39 is 12.0 Å². The smallest absolute Gasteiger partial charge is 0.328 e. The Hall–Kier alpha value is -1.49. The molecular formula is C10H13N3O2. The Kier molecular flexibility index (Phi) is 2.64. The Morgan fingerprint density at radius 2 is 2.07 bits per heavy atom. The number of hydrogen-bond donors (Lipinski definition) is 2. The van der Waals surface area contributed by atoms with E-state index in [4.69, 9.17) is 10.8 Å². The zero-order chi connectivity index (χ0) is 10.8. The van der Waals surface area contributed by atoms with Crippen molar-refractivity contribution < 1.29 is 9.90 Å². The Morgan fingerprint density at radius 3 is 2.47 bits per heavy atom. The van der Waals surface area contributed by atoms with E-state index in [9.17, 15) is 4.79 Å². The number of hydrogen-bond acceptors (Lipinski definition) is 4. The molecule has 0 bridgehead atoms. The molecule has 15 heavy (non-hydrogen) atoms. The van der Waals surface area contributed by atoms with Crippen molar-refractivity contribution in [3.8, 4) is 0 Å². The van der Waals surface area contributed by atoms with Crippen LogP contribution in [0.4, 0.5) is 0 Å². The molecule has 1 aromatic rings. The van der Waals surface area contributed by atoms with Gasteiger partial charge in [-0.2, -0.15) is 0 Å². The lowest BCUT2D eigenvalue weighted by molar-refractivity contribution is -0.138. The molecule has 1 aliphatic rings. The molecular weight excluding hydrogens is 194 g/mol. The number of aliphatic carboxylic acids is 1. The maximum Gasteiger partial charge on any atom is 0.328 e. The van der Waals surface area contributed by atoms with Gasteiger partial charge in [-0.3, -0.25) is 4.79 Å². The van der Waals surface area contributed by atoms with Gasteiger partial charge in [0.05, 0.1) is 0 Å². The zero-order valence-corrected chi connectivity index (χ0v) is 8.26. The molecule has 1 heterocycles. The van der Waals surface area contributed by atoms with Crippen LogP contribution < -0.4 is 5.73 Å². The van der Waals surface area contributed by atoms with Gasteiger partial charge in [0.15, 0.2) is 11.9 Å². The minimum atomic E-state index is -1.12. The molecule has 0 aromatic carbocycles. The molecule has 0 radical (unpaired) electrons. The minimum Gasteiger partial charge on any atom is -0.480 e. The molecule has 5 nitrogen and oxygen atoms in total. The Balaban J connectivity index is 2.12. The predicted octanol–water partition coefficient (Wildman–Crippen LogP) is 0.828. The van der Waals surface area contributed by atoms with E-state index in [-0.39, 0.29) is 5.82 Å². The molecule has 1 saturated carbocycles. The Morgan fingerprint density at radius 1 is 1.47 bits per heavy atom. The summed E-state index contributed by atoms with van der Waals surface area (Å²) >= 11 is 0. The Labute approximate surface area is 87.4 Å². The minimum absolute atomic E-state index is 0.172. The molecule has 5 heteroatoms. The van der Waals surface area contributed by atoms with Gasteiger partial charge in [0.1, 0.15) is 0 Å². The normalized spacial score (nSPS) is 18.2. The molecule has 1 aromatic heterocycles. The van der Waals surface area contributed by atoms with E-state index in [0.29, 0.717) is 5.92 Å². The summed E-state index contributed by atoms with van der Waals surface area (Å²) < 4.78 is 0. The third-order valence-corrected chi connectivity index (χ3v) is 2.81. The van der Waals surface area contributed by atoms with Gasteiger partial charge in [0.2, 0.25) is 0 Å². The average molecular weight is 207 g/mol. The first-order valence-electron chi connectivity index (χ1n) is 4.98. The van der Waals surface area contributed by atoms with E-state index >= 15 is 0 Å². The molecule has 2 rings (SSSR count). The van der Waals surface area contributed by atoms with Crippen molar-refractivity contribution in [2.24, 2.45) is 5.73 Å². The summed E-state index contributed by atoms with van der Waals surface area (Å²) in [7, 11) is 0. The number of carboxylic acid groups (broad SMARTS) is 1. The van der Waals surface area contributed by atoms with Crippen LogP contribution in [0.15, 0.2) is 12.4 Å².